The first-order valence-electron chi connectivity index (χ1n) is 6.39. The number of nitrogens with zero attached hydrogens (tertiary/aromatic N) is 1. The van der Waals surface area contributed by atoms with Crippen molar-refractivity contribution in [2.75, 3.05) is 25.5 Å². The van der Waals surface area contributed by atoms with Gasteiger partial charge in [0.2, 0.25) is 0 Å². The number of piperidine rings is 1. The Morgan fingerprint density at radius 1 is 1.35 bits per heavy atom. The van der Waals surface area contributed by atoms with Crippen LogP contribution in [0.4, 0.5) is 5.69 Å². The molecule has 3 heteroatoms. The summed E-state index contributed by atoms with van der Waals surface area (Å²) in [6.07, 6.45) is 2.60. The number of anilines is 1. The monoisotopic (exact) mass is 234 g/mol. The van der Waals surface area contributed by atoms with Crippen LogP contribution in [0.25, 0.3) is 0 Å². The van der Waals surface area contributed by atoms with Crippen LogP contribution in [-0.2, 0) is 0 Å². The van der Waals surface area contributed by atoms with Gasteiger partial charge in [-0.15, -0.1) is 0 Å². The molecule has 1 aliphatic rings. The number of likely N-dealkylation sites (tertiary alicyclic amines) is 1. The molecule has 1 aliphatic heterocycles. The Morgan fingerprint density at radius 3 is 2.71 bits per heavy atom. The number of phenols is 1. The van der Waals surface area contributed by atoms with Crippen molar-refractivity contribution in [3.8, 4) is 5.75 Å². The van der Waals surface area contributed by atoms with E-state index >= 15 is 0 Å². The fraction of sp³-hybridized carbons (Fsp3) is 0.571. The molecular weight excluding hydrogens is 212 g/mol. The lowest BCUT2D eigenvalue weighted by atomic mass is 9.92. The normalized spacial score (nSPS) is 23.3. The fourth-order valence-electron chi connectivity index (χ4n) is 2.55. The van der Waals surface area contributed by atoms with Crippen molar-refractivity contribution in [3.63, 3.8) is 0 Å². The van der Waals surface area contributed by atoms with Crippen LogP contribution in [-0.4, -0.2) is 36.2 Å². The lowest BCUT2D eigenvalue weighted by Gasteiger charge is -2.34. The van der Waals surface area contributed by atoms with Crippen LogP contribution >= 0.6 is 0 Å². The number of hydrogen-bond acceptors (Lipinski definition) is 3. The SMILES string of the molecule is CC(Nc1ccc(O)cc1)C1CCCN(C)C1. The van der Waals surface area contributed by atoms with Crippen LogP contribution in [0, 0.1) is 5.92 Å². The predicted molar refractivity (Wildman–Crippen MR) is 71.4 cm³/mol. The summed E-state index contributed by atoms with van der Waals surface area (Å²) in [5.41, 5.74) is 1.09. The third-order valence-electron chi connectivity index (χ3n) is 3.63. The Bertz CT molecular complexity index is 350. The van der Waals surface area contributed by atoms with E-state index in [4.69, 9.17) is 0 Å². The van der Waals surface area contributed by atoms with Crippen molar-refractivity contribution in [2.45, 2.75) is 25.8 Å². The number of phenolic OH excluding ortho intramolecular Hbond substituents is 1. The maximum absolute atomic E-state index is 9.24. The molecule has 2 rings (SSSR count). The Balaban J connectivity index is 1.91. The van der Waals surface area contributed by atoms with Crippen LogP contribution in [0.15, 0.2) is 24.3 Å². The van der Waals surface area contributed by atoms with Gasteiger partial charge in [0.25, 0.3) is 0 Å². The summed E-state index contributed by atoms with van der Waals surface area (Å²) in [5.74, 6) is 1.03. The summed E-state index contributed by atoms with van der Waals surface area (Å²) in [7, 11) is 2.19. The fourth-order valence-corrected chi connectivity index (χ4v) is 2.55. The van der Waals surface area contributed by atoms with Gasteiger partial charge in [0.05, 0.1) is 0 Å². The lowest BCUT2D eigenvalue weighted by Crippen LogP contribution is -2.39. The van der Waals surface area contributed by atoms with Gasteiger partial charge in [-0.3, -0.25) is 0 Å². The van der Waals surface area contributed by atoms with E-state index in [2.05, 4.69) is 24.2 Å². The van der Waals surface area contributed by atoms with Gasteiger partial charge in [0, 0.05) is 18.3 Å². The molecule has 1 fully saturated rings. The zero-order valence-electron chi connectivity index (χ0n) is 10.7. The molecule has 0 amide bonds. The van der Waals surface area contributed by atoms with Gasteiger partial charge in [0.1, 0.15) is 5.75 Å². The van der Waals surface area contributed by atoms with Crippen molar-refractivity contribution < 1.29 is 5.11 Å². The van der Waals surface area contributed by atoms with E-state index in [0.29, 0.717) is 17.7 Å². The van der Waals surface area contributed by atoms with Gasteiger partial charge < -0.3 is 15.3 Å². The first-order chi connectivity index (χ1) is 8.15. The van der Waals surface area contributed by atoms with Gasteiger partial charge in [0.15, 0.2) is 0 Å². The molecule has 1 aromatic rings. The van der Waals surface area contributed by atoms with E-state index in [1.54, 1.807) is 12.1 Å². The Morgan fingerprint density at radius 2 is 2.06 bits per heavy atom. The summed E-state index contributed by atoms with van der Waals surface area (Å²) in [4.78, 5) is 2.41. The number of nitrogens with one attached hydrogen (secondary N) is 1. The highest BCUT2D eigenvalue weighted by Crippen LogP contribution is 2.22. The first-order valence-corrected chi connectivity index (χ1v) is 6.39. The van der Waals surface area contributed by atoms with Gasteiger partial charge in [-0.2, -0.15) is 0 Å². The van der Waals surface area contributed by atoms with E-state index in [-0.39, 0.29) is 0 Å². The maximum atomic E-state index is 9.24. The zero-order chi connectivity index (χ0) is 12.3. The van der Waals surface area contributed by atoms with Crippen molar-refractivity contribution in [3.05, 3.63) is 24.3 Å². The molecule has 0 aliphatic carbocycles. The van der Waals surface area contributed by atoms with Crippen LogP contribution in [0.3, 0.4) is 0 Å². The molecule has 0 spiro atoms. The summed E-state index contributed by atoms with van der Waals surface area (Å²) >= 11 is 0. The minimum Gasteiger partial charge on any atom is -0.508 e. The highest BCUT2D eigenvalue weighted by Gasteiger charge is 2.22. The molecule has 0 radical (unpaired) electrons. The molecule has 1 aromatic carbocycles. The minimum absolute atomic E-state index is 0.320. The van der Waals surface area contributed by atoms with Gasteiger partial charge >= 0.3 is 0 Å². The molecule has 1 heterocycles. The number of hydrogen-bond donors (Lipinski definition) is 2. The van der Waals surface area contributed by atoms with E-state index in [1.807, 2.05) is 12.1 Å². The molecule has 3 nitrogen and oxygen atoms in total. The van der Waals surface area contributed by atoms with Crippen LogP contribution in [0.2, 0.25) is 0 Å². The van der Waals surface area contributed by atoms with E-state index in [9.17, 15) is 5.11 Å². The van der Waals surface area contributed by atoms with Crippen molar-refractivity contribution in [2.24, 2.45) is 5.92 Å². The molecule has 17 heavy (non-hydrogen) atoms. The average Bonchev–Trinajstić information content (AvgIpc) is 2.32. The first kappa shape index (κ1) is 12.2. The minimum atomic E-state index is 0.320. The molecule has 94 valence electrons. The quantitative estimate of drug-likeness (QED) is 0.789. The highest BCUT2D eigenvalue weighted by atomic mass is 16.3. The molecule has 1 saturated heterocycles. The second-order valence-corrected chi connectivity index (χ2v) is 5.14. The molecule has 0 bridgehead atoms. The van der Waals surface area contributed by atoms with Gasteiger partial charge in [-0.05, 0) is 63.5 Å². The maximum Gasteiger partial charge on any atom is 0.115 e. The third kappa shape index (κ3) is 3.37. The molecule has 2 atom stereocenters. The summed E-state index contributed by atoms with van der Waals surface area (Å²) in [5, 5.41) is 12.8. The standard InChI is InChI=1S/C14H22N2O/c1-11(12-4-3-9-16(2)10-12)15-13-5-7-14(17)8-6-13/h5-8,11-12,15,17H,3-4,9-10H2,1-2H3. The van der Waals surface area contributed by atoms with Crippen molar-refractivity contribution >= 4 is 5.69 Å². The highest BCUT2D eigenvalue weighted by molar-refractivity contribution is 5.46. The van der Waals surface area contributed by atoms with E-state index < -0.39 is 0 Å². The van der Waals surface area contributed by atoms with E-state index in [1.165, 1.54) is 25.9 Å². The smallest absolute Gasteiger partial charge is 0.115 e. The molecular formula is C14H22N2O. The molecule has 2 N–H and O–H groups in total. The van der Waals surface area contributed by atoms with E-state index in [0.717, 1.165) is 5.69 Å². The van der Waals surface area contributed by atoms with Gasteiger partial charge in [-0.1, -0.05) is 0 Å². The Kier molecular flexibility index (Phi) is 3.89. The molecule has 0 saturated carbocycles. The Hall–Kier alpha value is -1.22. The van der Waals surface area contributed by atoms with Crippen molar-refractivity contribution in [1.82, 2.24) is 4.90 Å². The lowest BCUT2D eigenvalue weighted by molar-refractivity contribution is 0.197. The van der Waals surface area contributed by atoms with Crippen molar-refractivity contribution in [1.29, 1.82) is 0 Å². The summed E-state index contributed by atoms with van der Waals surface area (Å²) in [6, 6.07) is 7.78. The second kappa shape index (κ2) is 5.41. The third-order valence-corrected chi connectivity index (χ3v) is 3.63. The number of aromatic hydroxyl groups is 1. The summed E-state index contributed by atoms with van der Waals surface area (Å²) < 4.78 is 0. The second-order valence-electron chi connectivity index (χ2n) is 5.14. The Labute approximate surface area is 103 Å². The number of benzene rings is 1. The zero-order valence-corrected chi connectivity index (χ0v) is 10.7. The van der Waals surface area contributed by atoms with Gasteiger partial charge in [-0.25, -0.2) is 0 Å². The molecule has 0 aromatic heterocycles. The van der Waals surface area contributed by atoms with Crippen LogP contribution in [0.1, 0.15) is 19.8 Å². The average molecular weight is 234 g/mol. The van der Waals surface area contributed by atoms with Crippen LogP contribution in [0.5, 0.6) is 5.75 Å². The largest absolute Gasteiger partial charge is 0.508 e. The topological polar surface area (TPSA) is 35.5 Å². The predicted octanol–water partition coefficient (Wildman–Crippen LogP) is 2.53. The summed E-state index contributed by atoms with van der Waals surface area (Å²) in [6.45, 7) is 4.64. The molecule has 2 unspecified atom stereocenters. The number of rotatable bonds is 3. The van der Waals surface area contributed by atoms with Crippen LogP contribution < -0.4 is 5.32 Å².